The molecule has 0 aromatic rings. The zero-order valence-electron chi connectivity index (χ0n) is 17.7. The minimum atomic E-state index is -0.265. The van der Waals surface area contributed by atoms with Crippen molar-refractivity contribution in [2.75, 3.05) is 7.11 Å². The fourth-order valence-corrected chi connectivity index (χ4v) is 3.59. The van der Waals surface area contributed by atoms with Crippen LogP contribution in [0.4, 0.5) is 0 Å². The van der Waals surface area contributed by atoms with E-state index in [1.807, 2.05) is 0 Å². The van der Waals surface area contributed by atoms with Crippen molar-refractivity contribution in [2.45, 2.75) is 111 Å². The Hall–Kier alpha value is -0.0800. The Balaban J connectivity index is 3.81. The largest absolute Gasteiger partial charge is 0.379 e. The van der Waals surface area contributed by atoms with E-state index in [2.05, 4.69) is 34.6 Å². The van der Waals surface area contributed by atoms with Crippen LogP contribution < -0.4 is 0 Å². The SMILES string of the molecule is COC(C)(CCCC(C)CCCC(C)CCCC(C)C)CCC(=O)Cl. The van der Waals surface area contributed by atoms with Gasteiger partial charge in [-0.05, 0) is 49.1 Å². The van der Waals surface area contributed by atoms with E-state index in [0.29, 0.717) is 12.8 Å². The van der Waals surface area contributed by atoms with Crippen LogP contribution in [0.3, 0.4) is 0 Å². The molecule has 150 valence electrons. The molecule has 0 heterocycles. The van der Waals surface area contributed by atoms with Gasteiger partial charge in [-0.15, -0.1) is 0 Å². The van der Waals surface area contributed by atoms with E-state index in [1.54, 1.807) is 7.11 Å². The zero-order chi connectivity index (χ0) is 19.3. The highest BCUT2D eigenvalue weighted by Crippen LogP contribution is 2.27. The topological polar surface area (TPSA) is 26.3 Å². The van der Waals surface area contributed by atoms with Crippen molar-refractivity contribution in [3.8, 4) is 0 Å². The molecule has 3 heteroatoms. The molecule has 0 saturated heterocycles. The molecule has 0 saturated carbocycles. The first-order chi connectivity index (χ1) is 11.7. The van der Waals surface area contributed by atoms with Crippen LogP contribution in [-0.2, 0) is 9.53 Å². The fourth-order valence-electron chi connectivity index (χ4n) is 3.49. The maximum atomic E-state index is 11.0. The third-order valence-corrected chi connectivity index (χ3v) is 5.81. The summed E-state index contributed by atoms with van der Waals surface area (Å²) < 4.78 is 5.63. The summed E-state index contributed by atoms with van der Waals surface area (Å²) in [7, 11) is 1.74. The predicted octanol–water partition coefficient (Wildman–Crippen LogP) is 7.38. The summed E-state index contributed by atoms with van der Waals surface area (Å²) in [6, 6.07) is 0. The van der Waals surface area contributed by atoms with Gasteiger partial charge in [0.25, 0.3) is 0 Å². The van der Waals surface area contributed by atoms with E-state index < -0.39 is 0 Å². The number of halogens is 1. The lowest BCUT2D eigenvalue weighted by atomic mass is 9.89. The lowest BCUT2D eigenvalue weighted by Gasteiger charge is -2.28. The second kappa shape index (κ2) is 14.0. The van der Waals surface area contributed by atoms with Gasteiger partial charge in [-0.1, -0.05) is 79.1 Å². The molecule has 0 bridgehead atoms. The highest BCUT2D eigenvalue weighted by molar-refractivity contribution is 6.63. The van der Waals surface area contributed by atoms with E-state index in [1.165, 1.54) is 44.9 Å². The Morgan fingerprint density at radius 2 is 1.36 bits per heavy atom. The first-order valence-electron chi connectivity index (χ1n) is 10.4. The smallest absolute Gasteiger partial charge is 0.221 e. The molecule has 0 aliphatic heterocycles. The van der Waals surface area contributed by atoms with Crippen LogP contribution in [0, 0.1) is 17.8 Å². The number of hydrogen-bond donors (Lipinski definition) is 0. The molecule has 0 amide bonds. The summed E-state index contributed by atoms with van der Waals surface area (Å²) in [5.41, 5.74) is -0.213. The molecule has 0 fully saturated rings. The lowest BCUT2D eigenvalue weighted by Crippen LogP contribution is -2.27. The quantitative estimate of drug-likeness (QED) is 0.263. The molecule has 0 spiro atoms. The van der Waals surface area contributed by atoms with Crippen molar-refractivity contribution in [3.05, 3.63) is 0 Å². The van der Waals surface area contributed by atoms with Crippen LogP contribution in [0.5, 0.6) is 0 Å². The molecule has 0 radical (unpaired) electrons. The van der Waals surface area contributed by atoms with Crippen LogP contribution in [0.15, 0.2) is 0 Å². The van der Waals surface area contributed by atoms with Gasteiger partial charge >= 0.3 is 0 Å². The number of methoxy groups -OCH3 is 1. The Kier molecular flexibility index (Phi) is 14.0. The van der Waals surface area contributed by atoms with E-state index in [-0.39, 0.29) is 10.8 Å². The number of carbonyl (C=O) groups excluding carboxylic acids is 1. The van der Waals surface area contributed by atoms with Gasteiger partial charge in [0, 0.05) is 13.5 Å². The van der Waals surface area contributed by atoms with Crippen molar-refractivity contribution in [1.29, 1.82) is 0 Å². The van der Waals surface area contributed by atoms with Gasteiger partial charge < -0.3 is 4.74 Å². The fraction of sp³-hybridized carbons (Fsp3) is 0.955. The summed E-state index contributed by atoms with van der Waals surface area (Å²) in [5.74, 6) is 2.49. The summed E-state index contributed by atoms with van der Waals surface area (Å²) >= 11 is 5.46. The molecular weight excluding hydrogens is 332 g/mol. The maximum Gasteiger partial charge on any atom is 0.221 e. The van der Waals surface area contributed by atoms with E-state index in [0.717, 1.165) is 30.6 Å². The van der Waals surface area contributed by atoms with Crippen LogP contribution in [0.1, 0.15) is 105 Å². The summed E-state index contributed by atoms with van der Waals surface area (Å²) in [5, 5.41) is -0.265. The first-order valence-corrected chi connectivity index (χ1v) is 10.8. The third-order valence-electron chi connectivity index (χ3n) is 5.62. The molecule has 25 heavy (non-hydrogen) atoms. The van der Waals surface area contributed by atoms with E-state index >= 15 is 0 Å². The molecule has 0 aliphatic carbocycles. The van der Waals surface area contributed by atoms with Crippen LogP contribution in [-0.4, -0.2) is 18.0 Å². The second-order valence-electron chi connectivity index (χ2n) is 8.87. The summed E-state index contributed by atoms with van der Waals surface area (Å²) in [4.78, 5) is 11.0. The predicted molar refractivity (Wildman–Crippen MR) is 110 cm³/mol. The average Bonchev–Trinajstić information content (AvgIpc) is 2.52. The second-order valence-corrected chi connectivity index (χ2v) is 9.29. The number of carbonyl (C=O) groups is 1. The van der Waals surface area contributed by atoms with Crippen molar-refractivity contribution < 1.29 is 9.53 Å². The molecule has 3 atom stereocenters. The molecule has 2 nitrogen and oxygen atoms in total. The zero-order valence-corrected chi connectivity index (χ0v) is 18.5. The van der Waals surface area contributed by atoms with Gasteiger partial charge in [0.15, 0.2) is 0 Å². The normalized spacial score (nSPS) is 16.6. The van der Waals surface area contributed by atoms with Gasteiger partial charge in [0.1, 0.15) is 0 Å². The molecule has 3 unspecified atom stereocenters. The van der Waals surface area contributed by atoms with Gasteiger partial charge in [-0.25, -0.2) is 0 Å². The third kappa shape index (κ3) is 14.7. The van der Waals surface area contributed by atoms with E-state index in [9.17, 15) is 4.79 Å². The maximum absolute atomic E-state index is 11.0. The number of rotatable bonds is 16. The lowest BCUT2D eigenvalue weighted by molar-refractivity contribution is -0.113. The van der Waals surface area contributed by atoms with E-state index in [4.69, 9.17) is 16.3 Å². The van der Waals surface area contributed by atoms with Gasteiger partial charge in [-0.2, -0.15) is 0 Å². The minimum absolute atomic E-state index is 0.213. The molecule has 0 aliphatic rings. The standard InChI is InChI=1S/C22H43ClO2/c1-18(2)10-7-11-19(3)12-8-13-20(4)14-9-16-22(5,25-6)17-15-21(23)24/h18-20H,7-17H2,1-6H3. The van der Waals surface area contributed by atoms with Crippen LogP contribution in [0.2, 0.25) is 0 Å². The van der Waals surface area contributed by atoms with Gasteiger partial charge in [-0.3, -0.25) is 4.79 Å². The monoisotopic (exact) mass is 374 g/mol. The van der Waals surface area contributed by atoms with Crippen molar-refractivity contribution in [2.24, 2.45) is 17.8 Å². The van der Waals surface area contributed by atoms with Gasteiger partial charge in [0.2, 0.25) is 5.24 Å². The molecule has 0 aromatic carbocycles. The van der Waals surface area contributed by atoms with Crippen LogP contribution in [0.25, 0.3) is 0 Å². The van der Waals surface area contributed by atoms with Gasteiger partial charge in [0.05, 0.1) is 5.60 Å². The Labute approximate surface area is 162 Å². The van der Waals surface area contributed by atoms with Crippen molar-refractivity contribution >= 4 is 16.8 Å². The highest BCUT2D eigenvalue weighted by atomic mass is 35.5. The summed E-state index contributed by atoms with van der Waals surface area (Å²) in [6.45, 7) is 11.5. The van der Waals surface area contributed by atoms with Crippen molar-refractivity contribution in [1.82, 2.24) is 0 Å². The number of ether oxygens (including phenoxy) is 1. The Morgan fingerprint density at radius 1 is 0.880 bits per heavy atom. The van der Waals surface area contributed by atoms with Crippen LogP contribution >= 0.6 is 11.6 Å². The molecule has 0 rings (SSSR count). The molecule has 0 aromatic heterocycles. The highest BCUT2D eigenvalue weighted by Gasteiger charge is 2.24. The summed E-state index contributed by atoms with van der Waals surface area (Å²) in [6.07, 6.45) is 12.7. The first kappa shape index (κ1) is 24.9. The Morgan fingerprint density at radius 3 is 1.80 bits per heavy atom. The average molecular weight is 375 g/mol. The minimum Gasteiger partial charge on any atom is -0.379 e. The Bertz CT molecular complexity index is 343. The van der Waals surface area contributed by atoms with Crippen molar-refractivity contribution in [3.63, 3.8) is 0 Å². The molecular formula is C22H43ClO2. The number of hydrogen-bond acceptors (Lipinski definition) is 2. The molecule has 0 N–H and O–H groups in total.